The van der Waals surface area contributed by atoms with Crippen molar-refractivity contribution in [3.63, 3.8) is 0 Å². The fraction of sp³-hybridized carbons (Fsp3) is 0.690. The number of aliphatic hydroxyl groups is 1. The van der Waals surface area contributed by atoms with Crippen molar-refractivity contribution in [2.45, 2.75) is 76.1 Å². The van der Waals surface area contributed by atoms with Crippen LogP contribution in [-0.4, -0.2) is 49.6 Å². The highest BCUT2D eigenvalue weighted by Crippen LogP contribution is 2.65. The first-order valence-corrected chi connectivity index (χ1v) is 13.2. The number of allylic oxidation sites excluding steroid dienone is 1. The Morgan fingerprint density at radius 2 is 1.79 bits per heavy atom. The summed E-state index contributed by atoms with van der Waals surface area (Å²) in [5, 5.41) is 12.1. The molecule has 1 aliphatic heterocycles. The summed E-state index contributed by atoms with van der Waals surface area (Å²) in [7, 11) is 4.12. The number of benzene rings is 1. The quantitative estimate of drug-likeness (QED) is 0.634. The molecule has 6 rings (SSSR count). The summed E-state index contributed by atoms with van der Waals surface area (Å²) in [5.41, 5.74) is 4.01. The number of rotatable bonds is 2. The number of fused-ring (bicyclic) bond motifs is 4. The van der Waals surface area contributed by atoms with Gasteiger partial charge in [-0.25, -0.2) is 0 Å². The van der Waals surface area contributed by atoms with Gasteiger partial charge in [-0.05, 0) is 67.2 Å². The monoisotopic (exact) mass is 465 g/mol. The lowest BCUT2D eigenvalue weighted by atomic mass is 9.51. The van der Waals surface area contributed by atoms with E-state index in [4.69, 9.17) is 9.47 Å². The van der Waals surface area contributed by atoms with Crippen LogP contribution < -0.4 is 4.90 Å². The molecule has 34 heavy (non-hydrogen) atoms. The zero-order valence-corrected chi connectivity index (χ0v) is 21.1. The molecule has 5 aliphatic rings. The average molecular weight is 466 g/mol. The van der Waals surface area contributed by atoms with Gasteiger partial charge < -0.3 is 19.5 Å². The number of nitrogens with zero attached hydrogens (tertiary/aromatic N) is 1. The SMILES string of the molecule is C[C@H]1C[C@H]2C3CC[C@@]4(O)CC5(CCC4=C3[C@@H](c3ccc(N(C)C)cc3)C[C@@]2(C)C1=O)OCCO5. The van der Waals surface area contributed by atoms with Gasteiger partial charge in [-0.1, -0.05) is 31.6 Å². The number of carbonyl (C=O) groups excluding carboxylic acids is 1. The smallest absolute Gasteiger partial charge is 0.171 e. The Balaban J connectivity index is 1.47. The van der Waals surface area contributed by atoms with Gasteiger partial charge in [0.2, 0.25) is 0 Å². The molecule has 0 aromatic heterocycles. The van der Waals surface area contributed by atoms with Crippen LogP contribution in [0.15, 0.2) is 35.4 Å². The number of ketones is 1. The maximum Gasteiger partial charge on any atom is 0.171 e. The lowest BCUT2D eigenvalue weighted by Crippen LogP contribution is -2.53. The molecule has 0 radical (unpaired) electrons. The molecule has 1 N–H and O–H groups in total. The van der Waals surface area contributed by atoms with Crippen LogP contribution >= 0.6 is 0 Å². The van der Waals surface area contributed by atoms with E-state index in [1.807, 2.05) is 0 Å². The van der Waals surface area contributed by atoms with Crippen LogP contribution in [0.25, 0.3) is 0 Å². The van der Waals surface area contributed by atoms with Crippen molar-refractivity contribution >= 4 is 11.5 Å². The van der Waals surface area contributed by atoms with Crippen LogP contribution in [0.5, 0.6) is 0 Å². The highest BCUT2D eigenvalue weighted by Gasteiger charge is 2.61. The summed E-state index contributed by atoms with van der Waals surface area (Å²) in [4.78, 5) is 15.6. The Hall–Kier alpha value is -1.69. The van der Waals surface area contributed by atoms with Crippen molar-refractivity contribution in [2.24, 2.45) is 23.2 Å². The third-order valence-electron chi connectivity index (χ3n) is 10.0. The van der Waals surface area contributed by atoms with E-state index < -0.39 is 11.4 Å². The van der Waals surface area contributed by atoms with Gasteiger partial charge >= 0.3 is 0 Å². The van der Waals surface area contributed by atoms with Gasteiger partial charge in [-0.15, -0.1) is 0 Å². The molecule has 184 valence electrons. The minimum Gasteiger partial charge on any atom is -0.385 e. The Morgan fingerprint density at radius 1 is 1.09 bits per heavy atom. The molecular formula is C29H39NO4. The van der Waals surface area contributed by atoms with Crippen LogP contribution in [-0.2, 0) is 14.3 Å². The minimum absolute atomic E-state index is 0.131. The molecule has 1 spiro atoms. The predicted octanol–water partition coefficient (Wildman–Crippen LogP) is 4.84. The van der Waals surface area contributed by atoms with E-state index >= 15 is 0 Å². The zero-order valence-electron chi connectivity index (χ0n) is 21.1. The number of Topliss-reactive ketones (excluding diaryl/α,β-unsaturated/α-hetero) is 1. The number of ether oxygens (including phenoxy) is 2. The molecular weight excluding hydrogens is 426 g/mol. The summed E-state index contributed by atoms with van der Waals surface area (Å²) in [6, 6.07) is 8.87. The fourth-order valence-electron chi connectivity index (χ4n) is 8.43. The summed E-state index contributed by atoms with van der Waals surface area (Å²) in [6.45, 7) is 5.60. The van der Waals surface area contributed by atoms with Gasteiger partial charge in [0.25, 0.3) is 0 Å². The normalized spacial score (nSPS) is 40.8. The first-order valence-electron chi connectivity index (χ1n) is 13.2. The molecule has 5 heteroatoms. The van der Waals surface area contributed by atoms with E-state index in [-0.39, 0.29) is 17.3 Å². The molecule has 1 saturated heterocycles. The van der Waals surface area contributed by atoms with E-state index in [0.29, 0.717) is 37.3 Å². The molecule has 4 aliphatic carbocycles. The molecule has 3 saturated carbocycles. The maximum atomic E-state index is 13.5. The van der Waals surface area contributed by atoms with E-state index in [2.05, 4.69) is 57.1 Å². The molecule has 1 heterocycles. The molecule has 5 nitrogen and oxygen atoms in total. The van der Waals surface area contributed by atoms with Crippen LogP contribution in [0.2, 0.25) is 0 Å². The van der Waals surface area contributed by atoms with Crippen molar-refractivity contribution in [3.8, 4) is 0 Å². The van der Waals surface area contributed by atoms with Gasteiger partial charge in [-0.2, -0.15) is 0 Å². The number of hydrogen-bond acceptors (Lipinski definition) is 5. The highest BCUT2D eigenvalue weighted by molar-refractivity contribution is 5.89. The predicted molar refractivity (Wildman–Crippen MR) is 132 cm³/mol. The van der Waals surface area contributed by atoms with Crippen LogP contribution in [0.3, 0.4) is 0 Å². The molecule has 4 fully saturated rings. The Kier molecular flexibility index (Phi) is 5.12. The minimum atomic E-state index is -0.863. The Labute approximate surface area is 203 Å². The summed E-state index contributed by atoms with van der Waals surface area (Å²) >= 11 is 0. The molecule has 1 aromatic carbocycles. The van der Waals surface area contributed by atoms with Crippen LogP contribution in [0.4, 0.5) is 5.69 Å². The molecule has 1 unspecified atom stereocenters. The fourth-order valence-corrected chi connectivity index (χ4v) is 8.43. The van der Waals surface area contributed by atoms with Gasteiger partial charge in [-0.3, -0.25) is 4.79 Å². The van der Waals surface area contributed by atoms with Gasteiger partial charge in [0, 0.05) is 49.9 Å². The van der Waals surface area contributed by atoms with Gasteiger partial charge in [0.15, 0.2) is 5.79 Å². The standard InChI is InChI=1S/C29H39NO4/c1-18-15-24-21-9-11-28(32)17-29(33-13-14-34-29)12-10-23(28)25(21)22(16-27(24,2)26(18)31)19-5-7-20(8-6-19)30(3)4/h5-8,18,21-22,24,32H,9-17H2,1-4H3/t18-,21?,22+,24-,27+,28+/m0/s1. The van der Waals surface area contributed by atoms with Crippen molar-refractivity contribution in [2.75, 3.05) is 32.2 Å². The third-order valence-corrected chi connectivity index (χ3v) is 10.0. The lowest BCUT2D eigenvalue weighted by molar-refractivity contribution is -0.208. The van der Waals surface area contributed by atoms with Crippen LogP contribution in [0, 0.1) is 23.2 Å². The van der Waals surface area contributed by atoms with Crippen molar-refractivity contribution < 1.29 is 19.4 Å². The average Bonchev–Trinajstić information content (AvgIpc) is 3.35. The highest BCUT2D eigenvalue weighted by atomic mass is 16.7. The van der Waals surface area contributed by atoms with E-state index in [1.165, 1.54) is 22.4 Å². The first kappa shape index (κ1) is 22.8. The van der Waals surface area contributed by atoms with E-state index in [1.54, 1.807) is 0 Å². The Bertz CT molecular complexity index is 1020. The van der Waals surface area contributed by atoms with Crippen LogP contribution in [0.1, 0.15) is 70.3 Å². The lowest BCUT2D eigenvalue weighted by Gasteiger charge is -2.55. The second-order valence-electron chi connectivity index (χ2n) is 12.2. The van der Waals surface area contributed by atoms with E-state index in [0.717, 1.165) is 38.5 Å². The zero-order chi connectivity index (χ0) is 23.9. The second-order valence-corrected chi connectivity index (χ2v) is 12.2. The summed E-state index contributed by atoms with van der Waals surface area (Å²) < 4.78 is 12.1. The number of carbonyl (C=O) groups is 1. The molecule has 0 amide bonds. The Morgan fingerprint density at radius 3 is 2.47 bits per heavy atom. The maximum absolute atomic E-state index is 13.5. The topological polar surface area (TPSA) is 59.0 Å². The summed E-state index contributed by atoms with van der Waals surface area (Å²) in [5.74, 6) is 0.905. The van der Waals surface area contributed by atoms with E-state index in [9.17, 15) is 9.90 Å². The molecule has 6 atom stereocenters. The summed E-state index contributed by atoms with van der Waals surface area (Å²) in [6.07, 6.45) is 5.69. The molecule has 0 bridgehead atoms. The first-order chi connectivity index (χ1) is 16.2. The number of anilines is 1. The van der Waals surface area contributed by atoms with Crippen molar-refractivity contribution in [1.29, 1.82) is 0 Å². The van der Waals surface area contributed by atoms with Gasteiger partial charge in [0.1, 0.15) is 5.78 Å². The third kappa shape index (κ3) is 3.19. The number of hydrogen-bond donors (Lipinski definition) is 1. The second kappa shape index (κ2) is 7.65. The largest absolute Gasteiger partial charge is 0.385 e. The van der Waals surface area contributed by atoms with Crippen molar-refractivity contribution in [3.05, 3.63) is 41.0 Å². The van der Waals surface area contributed by atoms with Gasteiger partial charge in [0.05, 0.1) is 18.8 Å². The van der Waals surface area contributed by atoms with Crippen molar-refractivity contribution in [1.82, 2.24) is 0 Å². The molecule has 1 aromatic rings.